The van der Waals surface area contributed by atoms with Gasteiger partial charge in [-0.25, -0.2) is 4.39 Å². The number of rotatable bonds is 7. The molecule has 7 heteroatoms. The molecule has 0 aliphatic rings. The summed E-state index contributed by atoms with van der Waals surface area (Å²) in [6.07, 6.45) is 1.69. The zero-order valence-electron chi connectivity index (χ0n) is 10.4. The van der Waals surface area contributed by atoms with Crippen LogP contribution in [0.2, 0.25) is 0 Å². The first-order valence-electron chi connectivity index (χ1n) is 5.82. The quantitative estimate of drug-likeness (QED) is 0.454. The van der Waals surface area contributed by atoms with Crippen molar-refractivity contribution in [2.75, 3.05) is 12.4 Å². The molecule has 0 fully saturated rings. The van der Waals surface area contributed by atoms with Crippen molar-refractivity contribution in [3.05, 3.63) is 32.5 Å². The monoisotopic (exact) mass is 351 g/mol. The topological polar surface area (TPSA) is 52.4 Å². The van der Waals surface area contributed by atoms with Crippen molar-refractivity contribution >= 4 is 34.2 Å². The second kappa shape index (κ2) is 7.69. The summed E-state index contributed by atoms with van der Waals surface area (Å²) in [5.74, 6) is 0.582. The van der Waals surface area contributed by atoms with Gasteiger partial charge in [0.15, 0.2) is 5.75 Å². The van der Waals surface area contributed by atoms with Crippen molar-refractivity contribution in [3.8, 4) is 5.75 Å². The Morgan fingerprint density at radius 2 is 2.21 bits per heavy atom. The van der Waals surface area contributed by atoms with E-state index < -0.39 is 10.7 Å². The molecule has 1 atom stereocenters. The molecule has 0 aromatic heterocycles. The Hall–Kier alpha value is -0.820. The number of benzene rings is 1. The number of halogens is 2. The van der Waals surface area contributed by atoms with Crippen LogP contribution in [0.4, 0.5) is 10.1 Å². The lowest BCUT2D eigenvalue weighted by molar-refractivity contribution is -0.386. The highest BCUT2D eigenvalue weighted by atomic mass is 79.9. The summed E-state index contributed by atoms with van der Waals surface area (Å²) in [5, 5.41) is 10.9. The highest BCUT2D eigenvalue weighted by Gasteiger charge is 2.19. The standard InChI is InChI=1S/C12H15BrFNO3S/c1-8(3-5-19)2-4-18-12-7-10(14)9(13)6-11(12)15(16)17/h6-8,19H,2-5H2,1H3. The minimum absolute atomic E-state index is 0.0382. The van der Waals surface area contributed by atoms with Crippen molar-refractivity contribution in [2.45, 2.75) is 19.8 Å². The van der Waals surface area contributed by atoms with Gasteiger partial charge in [-0.05, 0) is 40.4 Å². The molecule has 19 heavy (non-hydrogen) atoms. The molecule has 0 saturated heterocycles. The molecule has 4 nitrogen and oxygen atoms in total. The molecule has 1 aromatic rings. The van der Waals surface area contributed by atoms with Crippen LogP contribution < -0.4 is 4.74 Å². The number of thiol groups is 1. The number of hydrogen-bond donors (Lipinski definition) is 1. The van der Waals surface area contributed by atoms with E-state index in [4.69, 9.17) is 4.74 Å². The van der Waals surface area contributed by atoms with Crippen molar-refractivity contribution in [1.29, 1.82) is 0 Å². The lowest BCUT2D eigenvalue weighted by Gasteiger charge is -2.11. The third-order valence-corrected chi connectivity index (χ3v) is 3.55. The molecule has 0 spiro atoms. The van der Waals surface area contributed by atoms with Gasteiger partial charge in [0.2, 0.25) is 0 Å². The summed E-state index contributed by atoms with van der Waals surface area (Å²) in [5.41, 5.74) is -0.241. The largest absolute Gasteiger partial charge is 0.487 e. The molecule has 0 bridgehead atoms. The van der Waals surface area contributed by atoms with Gasteiger partial charge in [0.05, 0.1) is 16.0 Å². The number of ether oxygens (including phenoxy) is 1. The van der Waals surface area contributed by atoms with Crippen LogP contribution in [0.1, 0.15) is 19.8 Å². The van der Waals surface area contributed by atoms with E-state index in [2.05, 4.69) is 35.5 Å². The first-order valence-corrected chi connectivity index (χ1v) is 7.25. The molecular weight excluding hydrogens is 337 g/mol. The second-order valence-electron chi connectivity index (χ2n) is 4.25. The molecule has 0 amide bonds. The summed E-state index contributed by atoms with van der Waals surface area (Å²) in [4.78, 5) is 10.3. The van der Waals surface area contributed by atoms with Gasteiger partial charge in [-0.1, -0.05) is 6.92 Å². The van der Waals surface area contributed by atoms with Crippen LogP contribution in [-0.4, -0.2) is 17.3 Å². The lowest BCUT2D eigenvalue weighted by atomic mass is 10.1. The van der Waals surface area contributed by atoms with Gasteiger partial charge in [0.25, 0.3) is 0 Å². The van der Waals surface area contributed by atoms with Crippen molar-refractivity contribution in [1.82, 2.24) is 0 Å². The van der Waals surface area contributed by atoms with Crippen LogP contribution in [-0.2, 0) is 0 Å². The van der Waals surface area contributed by atoms with Gasteiger partial charge in [0, 0.05) is 12.1 Å². The Kier molecular flexibility index (Phi) is 6.57. The van der Waals surface area contributed by atoms with E-state index in [0.29, 0.717) is 12.5 Å². The average Bonchev–Trinajstić information content (AvgIpc) is 2.33. The predicted octanol–water partition coefficient (Wildman–Crippen LogP) is 4.22. The Morgan fingerprint density at radius 1 is 1.53 bits per heavy atom. The van der Waals surface area contributed by atoms with Crippen LogP contribution in [0.15, 0.2) is 16.6 Å². The van der Waals surface area contributed by atoms with Gasteiger partial charge in [-0.2, -0.15) is 12.6 Å². The van der Waals surface area contributed by atoms with Crippen molar-refractivity contribution < 1.29 is 14.1 Å². The third-order valence-electron chi connectivity index (χ3n) is 2.69. The summed E-state index contributed by atoms with van der Waals surface area (Å²) < 4.78 is 18.7. The first kappa shape index (κ1) is 16.2. The molecule has 1 aromatic carbocycles. The number of nitrogens with zero attached hydrogens (tertiary/aromatic N) is 1. The van der Waals surface area contributed by atoms with E-state index in [9.17, 15) is 14.5 Å². The highest BCUT2D eigenvalue weighted by molar-refractivity contribution is 9.10. The normalized spacial score (nSPS) is 12.2. The third kappa shape index (κ3) is 4.99. The van der Waals surface area contributed by atoms with E-state index in [1.807, 2.05) is 0 Å². The molecule has 106 valence electrons. The van der Waals surface area contributed by atoms with E-state index in [-0.39, 0.29) is 15.9 Å². The van der Waals surface area contributed by atoms with Crippen LogP contribution in [0.5, 0.6) is 5.75 Å². The lowest BCUT2D eigenvalue weighted by Crippen LogP contribution is -2.06. The summed E-state index contributed by atoms with van der Waals surface area (Å²) in [6.45, 7) is 2.37. The summed E-state index contributed by atoms with van der Waals surface area (Å²) in [6, 6.07) is 2.15. The SMILES string of the molecule is CC(CCS)CCOc1cc(F)c(Br)cc1[N+](=O)[O-]. The molecule has 0 saturated carbocycles. The summed E-state index contributed by atoms with van der Waals surface area (Å²) >= 11 is 7.05. The Morgan fingerprint density at radius 3 is 2.79 bits per heavy atom. The molecule has 0 aliphatic heterocycles. The molecular formula is C12H15BrFNO3S. The fourth-order valence-electron chi connectivity index (χ4n) is 1.51. The molecule has 1 rings (SSSR count). The minimum Gasteiger partial charge on any atom is -0.487 e. The average molecular weight is 352 g/mol. The Balaban J connectivity index is 2.72. The maximum absolute atomic E-state index is 13.4. The van der Waals surface area contributed by atoms with E-state index >= 15 is 0 Å². The molecule has 0 N–H and O–H groups in total. The number of nitro benzene ring substituents is 1. The number of nitro groups is 1. The zero-order chi connectivity index (χ0) is 14.4. The molecule has 0 radical (unpaired) electrons. The first-order chi connectivity index (χ1) is 8.95. The zero-order valence-corrected chi connectivity index (χ0v) is 12.9. The maximum atomic E-state index is 13.4. The smallest absolute Gasteiger partial charge is 0.312 e. The van der Waals surface area contributed by atoms with Gasteiger partial charge < -0.3 is 4.74 Å². The minimum atomic E-state index is -0.587. The van der Waals surface area contributed by atoms with Crippen LogP contribution >= 0.6 is 28.6 Å². The fourth-order valence-corrected chi connectivity index (χ4v) is 2.28. The van der Waals surface area contributed by atoms with Crippen LogP contribution in [0.3, 0.4) is 0 Å². The van der Waals surface area contributed by atoms with Gasteiger partial charge >= 0.3 is 5.69 Å². The van der Waals surface area contributed by atoms with E-state index in [0.717, 1.165) is 30.7 Å². The van der Waals surface area contributed by atoms with Gasteiger partial charge in [-0.15, -0.1) is 0 Å². The molecule has 0 heterocycles. The van der Waals surface area contributed by atoms with Crippen molar-refractivity contribution in [3.63, 3.8) is 0 Å². The van der Waals surface area contributed by atoms with Crippen LogP contribution in [0, 0.1) is 21.8 Å². The Bertz CT molecular complexity index is 459. The molecule has 1 unspecified atom stereocenters. The van der Waals surface area contributed by atoms with Gasteiger partial charge in [-0.3, -0.25) is 10.1 Å². The van der Waals surface area contributed by atoms with Crippen LogP contribution in [0.25, 0.3) is 0 Å². The summed E-state index contributed by atoms with van der Waals surface area (Å²) in [7, 11) is 0. The van der Waals surface area contributed by atoms with E-state index in [1.54, 1.807) is 0 Å². The van der Waals surface area contributed by atoms with E-state index in [1.165, 1.54) is 0 Å². The molecule has 0 aliphatic carbocycles. The predicted molar refractivity (Wildman–Crippen MR) is 78.5 cm³/mol. The Labute approximate surface area is 125 Å². The fraction of sp³-hybridized carbons (Fsp3) is 0.500. The maximum Gasteiger partial charge on any atom is 0.312 e. The highest BCUT2D eigenvalue weighted by Crippen LogP contribution is 2.32. The second-order valence-corrected chi connectivity index (χ2v) is 5.55. The number of hydrogen-bond acceptors (Lipinski definition) is 4. The van der Waals surface area contributed by atoms with Gasteiger partial charge in [0.1, 0.15) is 5.82 Å². The van der Waals surface area contributed by atoms with Crippen molar-refractivity contribution in [2.24, 2.45) is 5.92 Å².